The first-order valence-corrected chi connectivity index (χ1v) is 6.51. The third kappa shape index (κ3) is 2.42. The zero-order valence-corrected chi connectivity index (χ0v) is 11.8. The van der Waals surface area contributed by atoms with Crippen LogP contribution in [0.15, 0.2) is 24.3 Å². The van der Waals surface area contributed by atoms with Gasteiger partial charge in [0.05, 0.1) is 19.8 Å². The molecule has 0 saturated heterocycles. The van der Waals surface area contributed by atoms with Gasteiger partial charge >= 0.3 is 5.97 Å². The normalized spacial score (nSPS) is 10.3. The molecule has 1 aromatic carbocycles. The van der Waals surface area contributed by atoms with Gasteiger partial charge in [0.15, 0.2) is 0 Å². The molecule has 0 bridgehead atoms. The highest BCUT2D eigenvalue weighted by atomic mass is 32.1. The summed E-state index contributed by atoms with van der Waals surface area (Å²) in [5.41, 5.74) is 8.21. The van der Waals surface area contributed by atoms with Crippen molar-refractivity contribution in [3.05, 3.63) is 35.4 Å². The van der Waals surface area contributed by atoms with Gasteiger partial charge in [-0.05, 0) is 42.3 Å². The van der Waals surface area contributed by atoms with E-state index in [4.69, 9.17) is 15.2 Å². The molecule has 0 aliphatic heterocycles. The molecule has 0 amide bonds. The highest BCUT2D eigenvalue weighted by Gasteiger charge is 2.20. The Morgan fingerprint density at radius 2 is 1.84 bits per heavy atom. The maximum absolute atomic E-state index is 11.7. The molecule has 2 rings (SSSR count). The van der Waals surface area contributed by atoms with Gasteiger partial charge in [-0.1, -0.05) is 0 Å². The van der Waals surface area contributed by atoms with Crippen LogP contribution in [-0.4, -0.2) is 20.2 Å². The van der Waals surface area contributed by atoms with E-state index in [0.717, 1.165) is 21.8 Å². The Morgan fingerprint density at radius 3 is 2.37 bits per heavy atom. The van der Waals surface area contributed by atoms with Gasteiger partial charge in [-0.25, -0.2) is 4.79 Å². The number of rotatable bonds is 3. The Bertz CT molecular complexity index is 602. The smallest absolute Gasteiger partial charge is 0.341 e. The van der Waals surface area contributed by atoms with E-state index in [9.17, 15) is 4.79 Å². The Balaban J connectivity index is 2.48. The molecular formula is C14H15NO3S. The molecule has 1 aromatic heterocycles. The maximum atomic E-state index is 11.7. The van der Waals surface area contributed by atoms with Crippen molar-refractivity contribution in [1.82, 2.24) is 0 Å². The second-order valence-electron chi connectivity index (χ2n) is 4.02. The van der Waals surface area contributed by atoms with Gasteiger partial charge in [-0.15, -0.1) is 11.3 Å². The molecule has 0 unspecified atom stereocenters. The van der Waals surface area contributed by atoms with Crippen LogP contribution < -0.4 is 10.5 Å². The zero-order chi connectivity index (χ0) is 14.0. The molecule has 2 aromatic rings. The van der Waals surface area contributed by atoms with E-state index in [2.05, 4.69) is 0 Å². The molecule has 0 atom stereocenters. The summed E-state index contributed by atoms with van der Waals surface area (Å²) < 4.78 is 9.88. The lowest BCUT2D eigenvalue weighted by Gasteiger charge is -2.03. The number of anilines is 1. The lowest BCUT2D eigenvalue weighted by Crippen LogP contribution is -2.04. The summed E-state index contributed by atoms with van der Waals surface area (Å²) in [6.07, 6.45) is 0. The lowest BCUT2D eigenvalue weighted by atomic mass is 10.1. The van der Waals surface area contributed by atoms with Crippen LogP contribution in [0, 0.1) is 6.92 Å². The second-order valence-corrected chi connectivity index (χ2v) is 5.07. The van der Waals surface area contributed by atoms with Crippen molar-refractivity contribution in [3.8, 4) is 16.2 Å². The molecule has 1 heterocycles. The molecule has 100 valence electrons. The summed E-state index contributed by atoms with van der Waals surface area (Å²) in [5.74, 6) is 0.394. The first-order chi connectivity index (χ1) is 9.08. The SMILES string of the molecule is COC(=O)c1c(N)sc(-c2ccc(OC)cc2)c1C. The number of nitrogens with two attached hydrogens (primary N) is 1. The van der Waals surface area contributed by atoms with E-state index in [-0.39, 0.29) is 0 Å². The monoisotopic (exact) mass is 277 g/mol. The van der Waals surface area contributed by atoms with Crippen LogP contribution in [0.5, 0.6) is 5.75 Å². The van der Waals surface area contributed by atoms with Crippen molar-refractivity contribution in [2.75, 3.05) is 20.0 Å². The van der Waals surface area contributed by atoms with E-state index < -0.39 is 5.97 Å². The van der Waals surface area contributed by atoms with Crippen molar-refractivity contribution >= 4 is 22.3 Å². The van der Waals surface area contributed by atoms with Crippen LogP contribution in [0.2, 0.25) is 0 Å². The van der Waals surface area contributed by atoms with Crippen LogP contribution in [0.4, 0.5) is 5.00 Å². The summed E-state index contributed by atoms with van der Waals surface area (Å²) in [6.45, 7) is 1.87. The quantitative estimate of drug-likeness (QED) is 0.876. The number of ether oxygens (including phenoxy) is 2. The molecule has 19 heavy (non-hydrogen) atoms. The highest BCUT2D eigenvalue weighted by Crippen LogP contribution is 2.38. The number of hydrogen-bond donors (Lipinski definition) is 1. The van der Waals surface area contributed by atoms with Gasteiger partial charge in [0.1, 0.15) is 10.8 Å². The fourth-order valence-corrected chi connectivity index (χ4v) is 2.98. The number of esters is 1. The Morgan fingerprint density at radius 1 is 1.21 bits per heavy atom. The molecule has 0 fully saturated rings. The molecule has 2 N–H and O–H groups in total. The minimum Gasteiger partial charge on any atom is -0.497 e. The molecule has 0 radical (unpaired) electrons. The average molecular weight is 277 g/mol. The Labute approximate surface area is 115 Å². The molecule has 0 aliphatic carbocycles. The van der Waals surface area contributed by atoms with Gasteiger partial charge in [0, 0.05) is 4.88 Å². The fraction of sp³-hybridized carbons (Fsp3) is 0.214. The lowest BCUT2D eigenvalue weighted by molar-refractivity contribution is 0.0601. The van der Waals surface area contributed by atoms with Crippen molar-refractivity contribution < 1.29 is 14.3 Å². The Kier molecular flexibility index (Phi) is 3.76. The van der Waals surface area contributed by atoms with E-state index in [0.29, 0.717) is 10.6 Å². The van der Waals surface area contributed by atoms with Crippen molar-refractivity contribution in [1.29, 1.82) is 0 Å². The highest BCUT2D eigenvalue weighted by molar-refractivity contribution is 7.19. The van der Waals surface area contributed by atoms with Crippen LogP contribution >= 0.6 is 11.3 Å². The summed E-state index contributed by atoms with van der Waals surface area (Å²) in [5, 5.41) is 0.482. The van der Waals surface area contributed by atoms with Gasteiger partial charge in [-0.2, -0.15) is 0 Å². The average Bonchev–Trinajstić information content (AvgIpc) is 2.73. The maximum Gasteiger partial charge on any atom is 0.341 e. The predicted molar refractivity (Wildman–Crippen MR) is 76.8 cm³/mol. The largest absolute Gasteiger partial charge is 0.497 e. The molecule has 0 aliphatic rings. The molecule has 5 heteroatoms. The van der Waals surface area contributed by atoms with E-state index in [1.165, 1.54) is 18.4 Å². The minimum absolute atomic E-state index is 0.397. The summed E-state index contributed by atoms with van der Waals surface area (Å²) >= 11 is 1.39. The molecule has 0 saturated carbocycles. The number of thiophene rings is 1. The standard InChI is InChI=1S/C14H15NO3S/c1-8-11(14(16)18-3)13(15)19-12(8)9-4-6-10(17-2)7-5-9/h4-7H,15H2,1-3H3. The number of nitrogen functional groups attached to an aromatic ring is 1. The summed E-state index contributed by atoms with van der Waals surface area (Å²) in [6, 6.07) is 7.64. The Hall–Kier alpha value is -2.01. The fourth-order valence-electron chi connectivity index (χ4n) is 1.91. The first-order valence-electron chi connectivity index (χ1n) is 5.70. The predicted octanol–water partition coefficient (Wildman–Crippen LogP) is 3.10. The molecular weight excluding hydrogens is 262 g/mol. The van der Waals surface area contributed by atoms with Crippen molar-refractivity contribution in [2.24, 2.45) is 0 Å². The van der Waals surface area contributed by atoms with Gasteiger partial charge < -0.3 is 15.2 Å². The van der Waals surface area contributed by atoms with Gasteiger partial charge in [0.25, 0.3) is 0 Å². The first kappa shape index (κ1) is 13.4. The number of carbonyl (C=O) groups is 1. The van der Waals surface area contributed by atoms with Crippen molar-refractivity contribution in [3.63, 3.8) is 0 Å². The molecule has 0 spiro atoms. The third-order valence-corrected chi connectivity index (χ3v) is 4.09. The van der Waals surface area contributed by atoms with Gasteiger partial charge in [-0.3, -0.25) is 0 Å². The number of carbonyl (C=O) groups excluding carboxylic acids is 1. The third-order valence-electron chi connectivity index (χ3n) is 2.92. The number of benzene rings is 1. The summed E-state index contributed by atoms with van der Waals surface area (Å²) in [7, 11) is 2.98. The minimum atomic E-state index is -0.397. The second kappa shape index (κ2) is 5.32. The van der Waals surface area contributed by atoms with Crippen LogP contribution in [0.3, 0.4) is 0 Å². The number of hydrogen-bond acceptors (Lipinski definition) is 5. The van der Waals surface area contributed by atoms with E-state index in [1.54, 1.807) is 7.11 Å². The van der Waals surface area contributed by atoms with E-state index >= 15 is 0 Å². The zero-order valence-electron chi connectivity index (χ0n) is 11.0. The summed E-state index contributed by atoms with van der Waals surface area (Å²) in [4.78, 5) is 12.7. The van der Waals surface area contributed by atoms with E-state index in [1.807, 2.05) is 31.2 Å². The molecule has 4 nitrogen and oxygen atoms in total. The number of methoxy groups -OCH3 is 2. The van der Waals surface area contributed by atoms with Crippen LogP contribution in [0.25, 0.3) is 10.4 Å². The van der Waals surface area contributed by atoms with Crippen LogP contribution in [0.1, 0.15) is 15.9 Å². The van der Waals surface area contributed by atoms with Gasteiger partial charge in [0.2, 0.25) is 0 Å². The van der Waals surface area contributed by atoms with Crippen molar-refractivity contribution in [2.45, 2.75) is 6.92 Å². The topological polar surface area (TPSA) is 61.5 Å². The van der Waals surface area contributed by atoms with Crippen LogP contribution in [-0.2, 0) is 4.74 Å².